The Morgan fingerprint density at radius 2 is 1.93 bits per heavy atom. The fraction of sp³-hybridized carbons (Fsp3) is 0.579. The Labute approximate surface area is 157 Å². The van der Waals surface area contributed by atoms with E-state index in [4.69, 9.17) is 0 Å². The Hall–Kier alpha value is -2.43. The van der Waals surface area contributed by atoms with E-state index < -0.39 is 23.2 Å². The fourth-order valence-corrected chi connectivity index (χ4v) is 2.90. The predicted molar refractivity (Wildman–Crippen MR) is 98.4 cm³/mol. The van der Waals surface area contributed by atoms with Crippen LogP contribution >= 0.6 is 0 Å². The zero-order valence-electron chi connectivity index (χ0n) is 15.8. The molecule has 0 saturated carbocycles. The Bertz CT molecular complexity index is 721. The monoisotopic (exact) mass is 382 g/mol. The van der Waals surface area contributed by atoms with Gasteiger partial charge in [0.1, 0.15) is 5.54 Å². The van der Waals surface area contributed by atoms with Crippen LogP contribution in [0.1, 0.15) is 39.2 Å². The Morgan fingerprint density at radius 3 is 2.44 bits per heavy atom. The number of hydrogen-bond donors (Lipinski definition) is 2. The zero-order chi connectivity index (χ0) is 20.2. The van der Waals surface area contributed by atoms with Crippen molar-refractivity contribution in [2.45, 2.75) is 45.3 Å². The summed E-state index contributed by atoms with van der Waals surface area (Å²) in [6, 6.07) is 5.62. The number of amides is 1. The molecule has 0 spiro atoms. The maximum absolute atomic E-state index is 13.1. The highest BCUT2D eigenvalue weighted by atomic mass is 19.4. The maximum atomic E-state index is 13.1. The van der Waals surface area contributed by atoms with Crippen LogP contribution in [0.15, 0.2) is 18.2 Å². The molecule has 1 fully saturated rings. The molecule has 1 heterocycles. The second kappa shape index (κ2) is 8.07. The van der Waals surface area contributed by atoms with Gasteiger partial charge < -0.3 is 15.5 Å². The second-order valence-corrected chi connectivity index (χ2v) is 7.29. The molecule has 0 aliphatic carbocycles. The van der Waals surface area contributed by atoms with E-state index in [1.807, 2.05) is 18.7 Å². The molecule has 1 aliphatic heterocycles. The van der Waals surface area contributed by atoms with Crippen molar-refractivity contribution in [2.24, 2.45) is 5.92 Å². The lowest BCUT2D eigenvalue weighted by Crippen LogP contribution is -2.50. The van der Waals surface area contributed by atoms with Crippen molar-refractivity contribution in [1.82, 2.24) is 5.32 Å². The molecule has 2 N–H and O–H groups in total. The quantitative estimate of drug-likeness (QED) is 0.786. The summed E-state index contributed by atoms with van der Waals surface area (Å²) in [6.07, 6.45) is -2.50. The third kappa shape index (κ3) is 5.06. The van der Waals surface area contributed by atoms with Crippen LogP contribution in [0.3, 0.4) is 0 Å². The lowest BCUT2D eigenvalue weighted by Gasteiger charge is -2.28. The highest BCUT2D eigenvalue weighted by molar-refractivity contribution is 5.84. The van der Waals surface area contributed by atoms with Gasteiger partial charge in [-0.1, -0.05) is 13.8 Å². The average molecular weight is 382 g/mol. The van der Waals surface area contributed by atoms with Gasteiger partial charge in [-0.05, 0) is 43.9 Å². The second-order valence-electron chi connectivity index (χ2n) is 7.29. The van der Waals surface area contributed by atoms with Crippen LogP contribution in [-0.2, 0) is 11.0 Å². The molecule has 1 amide bonds. The van der Waals surface area contributed by atoms with E-state index >= 15 is 0 Å². The molecule has 0 aromatic heterocycles. The number of nitrogens with zero attached hydrogens (tertiary/aromatic N) is 2. The van der Waals surface area contributed by atoms with E-state index in [0.29, 0.717) is 5.69 Å². The molecule has 1 atom stereocenters. The minimum atomic E-state index is -4.46. The highest BCUT2D eigenvalue weighted by Crippen LogP contribution is 2.36. The van der Waals surface area contributed by atoms with Crippen LogP contribution in [0, 0.1) is 17.2 Å². The Balaban J connectivity index is 2.18. The summed E-state index contributed by atoms with van der Waals surface area (Å²) in [7, 11) is 0. The zero-order valence-corrected chi connectivity index (χ0v) is 15.8. The lowest BCUT2D eigenvalue weighted by atomic mass is 9.90. The minimum absolute atomic E-state index is 0.111. The number of carbonyl (C=O) groups is 1. The molecule has 148 valence electrons. The van der Waals surface area contributed by atoms with E-state index in [0.717, 1.165) is 38.1 Å². The van der Waals surface area contributed by atoms with Crippen LogP contribution in [-0.4, -0.2) is 31.1 Å². The topological polar surface area (TPSA) is 68.2 Å². The van der Waals surface area contributed by atoms with Crippen molar-refractivity contribution in [3.05, 3.63) is 23.8 Å². The molecule has 1 aromatic rings. The third-order valence-corrected chi connectivity index (χ3v) is 5.00. The smallest absolute Gasteiger partial charge is 0.374 e. The number of anilines is 2. The number of alkyl halides is 3. The highest BCUT2D eigenvalue weighted by Gasteiger charge is 2.32. The van der Waals surface area contributed by atoms with Gasteiger partial charge in [-0.3, -0.25) is 4.79 Å². The number of nitriles is 1. The summed E-state index contributed by atoms with van der Waals surface area (Å²) in [4.78, 5) is 14.3. The van der Waals surface area contributed by atoms with Crippen LogP contribution in [0.2, 0.25) is 0 Å². The molecule has 0 radical (unpaired) electrons. The van der Waals surface area contributed by atoms with E-state index in [1.165, 1.54) is 6.07 Å². The summed E-state index contributed by atoms with van der Waals surface area (Å²) in [5.74, 6) is -0.558. The molecule has 5 nitrogen and oxygen atoms in total. The fourth-order valence-electron chi connectivity index (χ4n) is 2.90. The largest absolute Gasteiger partial charge is 0.416 e. The van der Waals surface area contributed by atoms with Crippen molar-refractivity contribution in [3.8, 4) is 6.07 Å². The van der Waals surface area contributed by atoms with E-state index in [9.17, 15) is 23.2 Å². The van der Waals surface area contributed by atoms with Gasteiger partial charge in [0.25, 0.3) is 0 Å². The first-order valence-electron chi connectivity index (χ1n) is 8.99. The molecule has 8 heteroatoms. The molecule has 1 aromatic carbocycles. The predicted octanol–water partition coefficient (Wildman–Crippen LogP) is 3.77. The summed E-state index contributed by atoms with van der Waals surface area (Å²) in [6.45, 7) is 6.57. The molecule has 0 bridgehead atoms. The van der Waals surface area contributed by atoms with Crippen molar-refractivity contribution in [3.63, 3.8) is 0 Å². The third-order valence-electron chi connectivity index (χ3n) is 5.00. The molecular weight excluding hydrogens is 357 g/mol. The average Bonchev–Trinajstić information content (AvgIpc) is 3.13. The van der Waals surface area contributed by atoms with Gasteiger partial charge in [0.15, 0.2) is 0 Å². The number of hydrogen-bond acceptors (Lipinski definition) is 4. The summed E-state index contributed by atoms with van der Waals surface area (Å²) >= 11 is 0. The van der Waals surface area contributed by atoms with Gasteiger partial charge in [-0.25, -0.2) is 0 Å². The first-order chi connectivity index (χ1) is 12.6. The first-order valence-corrected chi connectivity index (χ1v) is 8.99. The van der Waals surface area contributed by atoms with Crippen LogP contribution in [0.25, 0.3) is 0 Å². The molecular formula is C19H25F3N4O. The van der Waals surface area contributed by atoms with Gasteiger partial charge in [-0.15, -0.1) is 0 Å². The summed E-state index contributed by atoms with van der Waals surface area (Å²) in [5, 5.41) is 14.8. The van der Waals surface area contributed by atoms with E-state index in [2.05, 4.69) is 16.7 Å². The van der Waals surface area contributed by atoms with Gasteiger partial charge in [0.05, 0.1) is 29.6 Å². The standard InChI is InChI=1S/C19H25F3N4O/c1-13(2)18(3,12-23)25-17(27)11-24-15-10-14(19(20,21)22)6-7-16(15)26-8-4-5-9-26/h6-7,10,13,24H,4-5,8-9,11H2,1-3H3,(H,25,27)/t18-/m0/s1. The number of nitrogens with one attached hydrogen (secondary N) is 2. The number of halogens is 3. The Morgan fingerprint density at radius 1 is 1.30 bits per heavy atom. The van der Waals surface area contributed by atoms with Gasteiger partial charge in [0.2, 0.25) is 5.91 Å². The van der Waals surface area contributed by atoms with Crippen molar-refractivity contribution >= 4 is 17.3 Å². The van der Waals surface area contributed by atoms with E-state index in [-0.39, 0.29) is 18.2 Å². The van der Waals surface area contributed by atoms with Crippen LogP contribution < -0.4 is 15.5 Å². The normalized spacial score (nSPS) is 16.7. The number of carbonyl (C=O) groups excluding carboxylic acids is 1. The minimum Gasteiger partial charge on any atom is -0.374 e. The van der Waals surface area contributed by atoms with Crippen molar-refractivity contribution in [2.75, 3.05) is 29.9 Å². The first kappa shape index (κ1) is 20.9. The van der Waals surface area contributed by atoms with Crippen molar-refractivity contribution in [1.29, 1.82) is 5.26 Å². The maximum Gasteiger partial charge on any atom is 0.416 e. The SMILES string of the molecule is CC(C)[C@](C)(C#N)NC(=O)CNc1cc(C(F)(F)F)ccc1N1CCCC1. The molecule has 1 saturated heterocycles. The van der Waals surface area contributed by atoms with Crippen LogP contribution in [0.4, 0.5) is 24.5 Å². The van der Waals surface area contributed by atoms with E-state index in [1.54, 1.807) is 6.92 Å². The Kier molecular flexibility index (Phi) is 6.24. The van der Waals surface area contributed by atoms with Gasteiger partial charge >= 0.3 is 6.18 Å². The molecule has 2 rings (SSSR count). The number of rotatable bonds is 6. The molecule has 1 aliphatic rings. The van der Waals surface area contributed by atoms with Gasteiger partial charge in [0, 0.05) is 13.1 Å². The summed E-state index contributed by atoms with van der Waals surface area (Å²) in [5.41, 5.74) is -0.882. The van der Waals surface area contributed by atoms with Crippen LogP contribution in [0.5, 0.6) is 0 Å². The van der Waals surface area contributed by atoms with Gasteiger partial charge in [-0.2, -0.15) is 18.4 Å². The lowest BCUT2D eigenvalue weighted by molar-refractivity contribution is -0.137. The van der Waals surface area contributed by atoms with Crippen molar-refractivity contribution < 1.29 is 18.0 Å². The number of benzene rings is 1. The molecule has 0 unspecified atom stereocenters. The summed E-state index contributed by atoms with van der Waals surface area (Å²) < 4.78 is 39.2. The molecule has 27 heavy (non-hydrogen) atoms.